The van der Waals surface area contributed by atoms with Gasteiger partial charge in [0.15, 0.2) is 5.78 Å². The Bertz CT molecular complexity index is 2910. The molecule has 0 saturated carbocycles. The molecule has 0 fully saturated rings. The van der Waals surface area contributed by atoms with Crippen LogP contribution in [-0.2, 0) is 70.2 Å². The second-order valence-electron chi connectivity index (χ2n) is 23.9. The van der Waals surface area contributed by atoms with E-state index in [4.69, 9.17) is 28.7 Å². The lowest BCUT2D eigenvalue weighted by molar-refractivity contribution is -0.155. The molecule has 3 atom stereocenters. The van der Waals surface area contributed by atoms with Gasteiger partial charge in [-0.1, -0.05) is 77.1 Å². The van der Waals surface area contributed by atoms with Crippen LogP contribution in [0.1, 0.15) is 147 Å². The minimum atomic E-state index is -0.885. The van der Waals surface area contributed by atoms with Crippen LogP contribution < -0.4 is 5.32 Å². The number of halogens is 2. The van der Waals surface area contributed by atoms with Gasteiger partial charge in [0.25, 0.3) is 17.7 Å². The van der Waals surface area contributed by atoms with Crippen LogP contribution in [-0.4, -0.2) is 144 Å². The van der Waals surface area contributed by atoms with Crippen molar-refractivity contribution in [3.63, 3.8) is 0 Å². The molecular formula is C66H87F2N5O13. The van der Waals surface area contributed by atoms with Gasteiger partial charge in [-0.2, -0.15) is 0 Å². The maximum absolute atomic E-state index is 15.4. The number of esters is 1. The molecule has 0 spiro atoms. The summed E-state index contributed by atoms with van der Waals surface area (Å²) in [4.78, 5) is 111. The molecule has 1 aromatic heterocycles. The number of carbonyl (C=O) groups is 8. The maximum Gasteiger partial charge on any atom is 0.306 e. The summed E-state index contributed by atoms with van der Waals surface area (Å²) < 4.78 is 59.6. The van der Waals surface area contributed by atoms with Crippen LogP contribution in [0.5, 0.6) is 0 Å². The zero-order valence-electron chi connectivity index (χ0n) is 51.5. The summed E-state index contributed by atoms with van der Waals surface area (Å²) in [5.74, 6) is -4.13. The third-order valence-corrected chi connectivity index (χ3v) is 14.2. The molecule has 4 amide bonds. The van der Waals surface area contributed by atoms with Gasteiger partial charge in [-0.05, 0) is 99.7 Å². The number of unbranched alkanes of at least 4 members (excludes halogenated alkanes) is 1. The average Bonchev–Trinajstić information content (AvgIpc) is 2.45. The van der Waals surface area contributed by atoms with Crippen molar-refractivity contribution in [1.29, 1.82) is 0 Å². The molecule has 1 N–H and O–H groups in total. The summed E-state index contributed by atoms with van der Waals surface area (Å²) in [5, 5.41) is 2.82. The number of nitrogens with one attached hydrogen (secondary N) is 1. The Labute approximate surface area is 504 Å². The van der Waals surface area contributed by atoms with Gasteiger partial charge >= 0.3 is 5.97 Å². The predicted octanol–water partition coefficient (Wildman–Crippen LogP) is 9.59. The molecule has 0 aliphatic carbocycles. The molecule has 468 valence electrons. The lowest BCUT2D eigenvalue weighted by atomic mass is 9.84. The first-order chi connectivity index (χ1) is 40.8. The summed E-state index contributed by atoms with van der Waals surface area (Å²) in [6.45, 7) is 19.6. The molecule has 0 radical (unpaired) electrons. The number of ether oxygens (including phenoxy) is 5. The van der Waals surface area contributed by atoms with Crippen molar-refractivity contribution >= 4 is 46.9 Å². The lowest BCUT2D eigenvalue weighted by Gasteiger charge is -2.40. The largest absolute Gasteiger partial charge is 0.460 e. The molecule has 20 heteroatoms. The number of ketones is 3. The zero-order chi connectivity index (χ0) is 63.0. The number of hydrogen-bond donors (Lipinski definition) is 1. The summed E-state index contributed by atoms with van der Waals surface area (Å²) in [5.41, 5.74) is 0.654. The van der Waals surface area contributed by atoms with Gasteiger partial charge < -0.3 is 38.5 Å². The quantitative estimate of drug-likeness (QED) is 0.0251. The van der Waals surface area contributed by atoms with E-state index >= 15 is 9.18 Å². The number of hydrogen-bond acceptors (Lipinski definition) is 14. The molecule has 0 unspecified atom stereocenters. The Kier molecular flexibility index (Phi) is 27.8. The third kappa shape index (κ3) is 23.3. The Morgan fingerprint density at radius 1 is 0.674 bits per heavy atom. The Morgan fingerprint density at radius 3 is 1.90 bits per heavy atom. The van der Waals surface area contributed by atoms with Crippen molar-refractivity contribution in [1.82, 2.24) is 24.7 Å². The van der Waals surface area contributed by atoms with Crippen molar-refractivity contribution in [2.75, 3.05) is 65.9 Å². The Morgan fingerprint density at radius 2 is 1.29 bits per heavy atom. The number of amides is 4. The predicted molar refractivity (Wildman–Crippen MR) is 319 cm³/mol. The fourth-order valence-electron chi connectivity index (χ4n) is 9.66. The van der Waals surface area contributed by atoms with E-state index in [2.05, 4.69) is 5.32 Å². The fourth-order valence-corrected chi connectivity index (χ4v) is 9.66. The normalized spacial score (nSPS) is 13.7. The van der Waals surface area contributed by atoms with E-state index in [0.717, 1.165) is 28.7 Å². The summed E-state index contributed by atoms with van der Waals surface area (Å²) in [6.07, 6.45) is 5.97. The third-order valence-electron chi connectivity index (χ3n) is 14.2. The number of Topliss-reactive ketones (excluding diaryl/α,β-unsaturated/α-hetero) is 3. The summed E-state index contributed by atoms with van der Waals surface area (Å²) >= 11 is 0. The molecule has 2 heterocycles. The second kappa shape index (κ2) is 34.3. The smallest absolute Gasteiger partial charge is 0.306 e. The van der Waals surface area contributed by atoms with Gasteiger partial charge in [0.05, 0.1) is 64.0 Å². The standard InChI is InChI=1S/C66H87F2N5O13/c1-45(2)53(42-52(75)29-33-83-35-37-85-39-38-84-36-34-82-32-15-18-51(74)28-31-72-58(77)26-27-59(72)78)63(80)69-46(3)57(76)40-47-20-22-49(23-21-47)64(81)73(30-14-13-19-60(79)86-66(7,8)9)61(65(4,5)6)62-70-56(54-41-50(67)24-25-55(54)68)44-71(62)43-48-16-11-10-12-17-48/h10-12,16-17,20-27,41,44-46,53,61H,13-15,18-19,28-40,42-43H2,1-9H3,(H,69,80)/t46-,53-,61-/m0/s1. The van der Waals surface area contributed by atoms with Gasteiger partial charge in [-0.15, -0.1) is 0 Å². The SMILES string of the molecule is CC(C)[C@H](CC(=O)CCOCCOCCOCCOCCCC(=O)CCN1C(=O)C=CC1=O)C(=O)N[C@@H](C)C(=O)Cc1ccc(C(=O)N(CCCCC(=O)OC(C)(C)C)[C@@H](c2nc(-c3cc(F)ccc3F)cn2Cc2ccccc2)C(C)(C)C)cc1. The van der Waals surface area contributed by atoms with Crippen LogP contribution in [0, 0.1) is 28.9 Å². The number of carbonyl (C=O) groups excluding carboxylic acids is 8. The van der Waals surface area contributed by atoms with Crippen LogP contribution in [0.3, 0.4) is 0 Å². The lowest BCUT2D eigenvalue weighted by Crippen LogP contribution is -2.44. The highest BCUT2D eigenvalue weighted by molar-refractivity contribution is 6.13. The molecule has 4 aromatic rings. The number of imide groups is 1. The summed E-state index contributed by atoms with van der Waals surface area (Å²) in [6, 6.07) is 17.8. The number of benzene rings is 3. The zero-order valence-corrected chi connectivity index (χ0v) is 51.5. The van der Waals surface area contributed by atoms with Crippen molar-refractivity contribution in [2.24, 2.45) is 17.3 Å². The number of rotatable bonds is 38. The van der Waals surface area contributed by atoms with Crippen molar-refractivity contribution in [2.45, 2.75) is 144 Å². The Balaban J connectivity index is 1.10. The van der Waals surface area contributed by atoms with Gasteiger partial charge in [0.2, 0.25) is 5.91 Å². The molecule has 0 bridgehead atoms. The van der Waals surface area contributed by atoms with E-state index in [-0.39, 0.29) is 111 Å². The van der Waals surface area contributed by atoms with E-state index in [1.54, 1.807) is 63.1 Å². The van der Waals surface area contributed by atoms with E-state index < -0.39 is 58.4 Å². The van der Waals surface area contributed by atoms with Crippen LogP contribution in [0.4, 0.5) is 8.78 Å². The number of aromatic nitrogens is 2. The van der Waals surface area contributed by atoms with Crippen LogP contribution in [0.15, 0.2) is 91.1 Å². The van der Waals surface area contributed by atoms with Crippen LogP contribution in [0.2, 0.25) is 0 Å². The van der Waals surface area contributed by atoms with E-state index in [9.17, 15) is 38.0 Å². The van der Waals surface area contributed by atoms with Crippen LogP contribution in [0.25, 0.3) is 11.3 Å². The minimum Gasteiger partial charge on any atom is -0.460 e. The van der Waals surface area contributed by atoms with Gasteiger partial charge in [0.1, 0.15) is 34.6 Å². The van der Waals surface area contributed by atoms with Crippen molar-refractivity contribution in [3.05, 3.63) is 125 Å². The van der Waals surface area contributed by atoms with Crippen molar-refractivity contribution < 1.29 is 70.8 Å². The minimum absolute atomic E-state index is 0.0271. The Hall–Kier alpha value is -7.13. The summed E-state index contributed by atoms with van der Waals surface area (Å²) in [7, 11) is 0. The molecule has 1 aliphatic heterocycles. The molecule has 0 saturated heterocycles. The van der Waals surface area contributed by atoms with Crippen LogP contribution >= 0.6 is 0 Å². The average molecular weight is 1200 g/mol. The molecular weight excluding hydrogens is 1110 g/mol. The highest BCUT2D eigenvalue weighted by atomic mass is 19.1. The molecule has 18 nitrogen and oxygen atoms in total. The van der Waals surface area contributed by atoms with Gasteiger partial charge in [-0.25, -0.2) is 13.8 Å². The first-order valence-corrected chi connectivity index (χ1v) is 29.7. The first-order valence-electron chi connectivity index (χ1n) is 29.7. The van der Waals surface area contributed by atoms with Gasteiger partial charge in [0, 0.05) is 100 Å². The molecule has 1 aliphatic rings. The monoisotopic (exact) mass is 1200 g/mol. The van der Waals surface area contributed by atoms with E-state index in [0.29, 0.717) is 82.2 Å². The number of nitrogens with zero attached hydrogens (tertiary/aromatic N) is 4. The first kappa shape index (κ1) is 69.6. The molecule has 5 rings (SSSR count). The highest BCUT2D eigenvalue weighted by Crippen LogP contribution is 2.40. The highest BCUT2D eigenvalue weighted by Gasteiger charge is 2.39. The van der Waals surface area contributed by atoms with Gasteiger partial charge in [-0.3, -0.25) is 43.3 Å². The van der Waals surface area contributed by atoms with E-state index in [1.807, 2.05) is 69.5 Å². The van der Waals surface area contributed by atoms with E-state index in [1.165, 1.54) is 12.2 Å². The topological polar surface area (TPSA) is 219 Å². The van der Waals surface area contributed by atoms with Crippen molar-refractivity contribution in [3.8, 4) is 11.3 Å². The molecule has 86 heavy (non-hydrogen) atoms. The number of imidazole rings is 1. The second-order valence-corrected chi connectivity index (χ2v) is 23.9. The maximum atomic E-state index is 15.4. The molecule has 3 aromatic carbocycles. The fraction of sp³-hybridized carbons (Fsp3) is 0.530.